The van der Waals surface area contributed by atoms with E-state index in [1.807, 2.05) is 0 Å². The fourth-order valence-electron chi connectivity index (χ4n) is 8.45. The number of esters is 2. The lowest BCUT2D eigenvalue weighted by Gasteiger charge is -2.18. The van der Waals surface area contributed by atoms with Gasteiger partial charge in [0.15, 0.2) is 6.10 Å². The molecule has 0 saturated carbocycles. The van der Waals surface area contributed by atoms with Gasteiger partial charge in [0, 0.05) is 19.4 Å². The molecular formula is C61H112O5. The Labute approximate surface area is 412 Å². The minimum Gasteiger partial charge on any atom is -0.462 e. The van der Waals surface area contributed by atoms with Crippen LogP contribution in [0.3, 0.4) is 0 Å². The topological polar surface area (TPSA) is 61.8 Å². The molecule has 66 heavy (non-hydrogen) atoms. The molecule has 0 radical (unpaired) electrons. The second-order valence-electron chi connectivity index (χ2n) is 19.5. The maximum absolute atomic E-state index is 12.8. The second kappa shape index (κ2) is 57.2. The third kappa shape index (κ3) is 54.5. The van der Waals surface area contributed by atoms with Crippen molar-refractivity contribution >= 4 is 11.9 Å². The third-order valence-electron chi connectivity index (χ3n) is 12.8. The average Bonchev–Trinajstić information content (AvgIpc) is 3.32. The minimum absolute atomic E-state index is 0.0788. The Morgan fingerprint density at radius 1 is 0.333 bits per heavy atom. The first-order valence-corrected chi connectivity index (χ1v) is 29.2. The molecule has 0 aliphatic carbocycles. The molecule has 5 heteroatoms. The van der Waals surface area contributed by atoms with Gasteiger partial charge in [-0.2, -0.15) is 0 Å². The van der Waals surface area contributed by atoms with Crippen molar-refractivity contribution in [3.8, 4) is 0 Å². The summed E-state index contributed by atoms with van der Waals surface area (Å²) in [4.78, 5) is 25.5. The molecule has 0 rings (SSSR count). The number of carbonyl (C=O) groups is 2. The van der Waals surface area contributed by atoms with Crippen LogP contribution in [0.2, 0.25) is 0 Å². The van der Waals surface area contributed by atoms with E-state index in [4.69, 9.17) is 14.2 Å². The summed E-state index contributed by atoms with van der Waals surface area (Å²) in [5, 5.41) is 0. The van der Waals surface area contributed by atoms with Crippen LogP contribution in [0.1, 0.15) is 303 Å². The molecule has 1 atom stereocenters. The van der Waals surface area contributed by atoms with Gasteiger partial charge in [-0.15, -0.1) is 0 Å². The molecule has 0 saturated heterocycles. The predicted octanol–water partition coefficient (Wildman–Crippen LogP) is 19.9. The number of hydrogen-bond acceptors (Lipinski definition) is 5. The Morgan fingerprint density at radius 2 is 0.636 bits per heavy atom. The van der Waals surface area contributed by atoms with E-state index in [-0.39, 0.29) is 25.2 Å². The van der Waals surface area contributed by atoms with E-state index >= 15 is 0 Å². The van der Waals surface area contributed by atoms with Crippen molar-refractivity contribution in [2.24, 2.45) is 0 Å². The van der Waals surface area contributed by atoms with Gasteiger partial charge in [0.25, 0.3) is 0 Å². The molecular weight excluding hydrogens is 813 g/mol. The number of carbonyl (C=O) groups excluding carboxylic acids is 2. The molecule has 0 fully saturated rings. The van der Waals surface area contributed by atoms with Crippen molar-refractivity contribution in [3.63, 3.8) is 0 Å². The molecule has 5 nitrogen and oxygen atoms in total. The summed E-state index contributed by atoms with van der Waals surface area (Å²) in [6, 6.07) is 0. The van der Waals surface area contributed by atoms with Crippen LogP contribution in [0.15, 0.2) is 48.6 Å². The first-order valence-electron chi connectivity index (χ1n) is 29.2. The number of ether oxygens (including phenoxy) is 3. The lowest BCUT2D eigenvalue weighted by Crippen LogP contribution is -2.30. The van der Waals surface area contributed by atoms with Gasteiger partial charge in [-0.25, -0.2) is 0 Å². The summed E-state index contributed by atoms with van der Waals surface area (Å²) >= 11 is 0. The highest BCUT2D eigenvalue weighted by Gasteiger charge is 2.17. The van der Waals surface area contributed by atoms with Crippen LogP contribution in [0.4, 0.5) is 0 Å². The summed E-state index contributed by atoms with van der Waals surface area (Å²) in [6.07, 6.45) is 71.3. The molecule has 0 bridgehead atoms. The maximum Gasteiger partial charge on any atom is 0.306 e. The van der Waals surface area contributed by atoms with Crippen molar-refractivity contribution in [2.45, 2.75) is 309 Å². The van der Waals surface area contributed by atoms with E-state index in [0.29, 0.717) is 19.4 Å². The first kappa shape index (κ1) is 63.9. The zero-order chi connectivity index (χ0) is 47.7. The lowest BCUT2D eigenvalue weighted by molar-refractivity contribution is -0.163. The molecule has 0 spiro atoms. The van der Waals surface area contributed by atoms with Crippen molar-refractivity contribution in [3.05, 3.63) is 48.6 Å². The zero-order valence-corrected chi connectivity index (χ0v) is 44.5. The van der Waals surface area contributed by atoms with Gasteiger partial charge in [0.2, 0.25) is 0 Å². The highest BCUT2D eigenvalue weighted by molar-refractivity contribution is 5.70. The van der Waals surface area contributed by atoms with Gasteiger partial charge in [0.05, 0.1) is 6.61 Å². The zero-order valence-electron chi connectivity index (χ0n) is 44.5. The molecule has 0 aromatic carbocycles. The van der Waals surface area contributed by atoms with Crippen molar-refractivity contribution < 1.29 is 23.8 Å². The Hall–Kier alpha value is -2.14. The molecule has 0 aliphatic heterocycles. The minimum atomic E-state index is -0.544. The molecule has 0 aromatic rings. The SMILES string of the molecule is CCCCC/C=C\C/C=C\C/C=C\CCCCCCCCC(=O)OCC(COCCCCCCCCCCCCCCCCCC)OC(=O)CCCCCCC/C=C\CCCCCCCC. The van der Waals surface area contributed by atoms with Crippen LogP contribution in [0.25, 0.3) is 0 Å². The lowest BCUT2D eigenvalue weighted by atomic mass is 10.0. The average molecular weight is 926 g/mol. The predicted molar refractivity (Wildman–Crippen MR) is 288 cm³/mol. The molecule has 1 unspecified atom stereocenters. The Kier molecular flexibility index (Phi) is 55.3. The molecule has 0 aliphatic rings. The first-order chi connectivity index (χ1) is 32.6. The summed E-state index contributed by atoms with van der Waals surface area (Å²) in [5.74, 6) is -0.406. The van der Waals surface area contributed by atoms with E-state index in [0.717, 1.165) is 70.6 Å². The molecule has 386 valence electrons. The Morgan fingerprint density at radius 3 is 1.06 bits per heavy atom. The molecule has 0 N–H and O–H groups in total. The Balaban J connectivity index is 4.27. The number of allylic oxidation sites excluding steroid dienone is 8. The summed E-state index contributed by atoms with van der Waals surface area (Å²) in [6.45, 7) is 7.83. The molecule has 0 aromatic heterocycles. The maximum atomic E-state index is 12.8. The van der Waals surface area contributed by atoms with Crippen LogP contribution in [-0.2, 0) is 23.8 Å². The van der Waals surface area contributed by atoms with Crippen LogP contribution in [0, 0.1) is 0 Å². The van der Waals surface area contributed by atoms with Crippen LogP contribution < -0.4 is 0 Å². The monoisotopic (exact) mass is 925 g/mol. The highest BCUT2D eigenvalue weighted by Crippen LogP contribution is 2.16. The Bertz CT molecular complexity index is 1090. The number of unbranched alkanes of at least 4 members (excludes halogenated alkanes) is 35. The smallest absolute Gasteiger partial charge is 0.306 e. The normalized spacial score (nSPS) is 12.5. The quantitative estimate of drug-likeness (QED) is 0.0345. The second-order valence-corrected chi connectivity index (χ2v) is 19.5. The summed E-state index contributed by atoms with van der Waals surface area (Å²) in [5.41, 5.74) is 0. The van der Waals surface area contributed by atoms with Crippen molar-refractivity contribution in [1.82, 2.24) is 0 Å². The van der Waals surface area contributed by atoms with E-state index in [9.17, 15) is 9.59 Å². The molecule has 0 amide bonds. The third-order valence-corrected chi connectivity index (χ3v) is 12.8. The standard InChI is InChI=1S/C61H112O5/c1-4-7-10-13-16-19-22-25-28-30-31-32-34-36-39-42-45-48-51-54-60(62)65-58-59(57-64-56-53-50-47-44-41-38-35-29-26-23-20-17-14-11-8-5-2)66-61(63)55-52-49-46-43-40-37-33-27-24-21-18-15-12-9-6-3/h16,19,25,27-28,31-33,59H,4-15,17-18,20-24,26,29-30,34-58H2,1-3H3/b19-16-,28-25-,32-31-,33-27-. The largest absolute Gasteiger partial charge is 0.462 e. The summed E-state index contributed by atoms with van der Waals surface area (Å²) in [7, 11) is 0. The van der Waals surface area contributed by atoms with E-state index < -0.39 is 6.10 Å². The van der Waals surface area contributed by atoms with E-state index in [2.05, 4.69) is 69.4 Å². The van der Waals surface area contributed by atoms with Gasteiger partial charge < -0.3 is 14.2 Å². The van der Waals surface area contributed by atoms with Gasteiger partial charge >= 0.3 is 11.9 Å². The van der Waals surface area contributed by atoms with Crippen LogP contribution >= 0.6 is 0 Å². The van der Waals surface area contributed by atoms with Crippen LogP contribution in [0.5, 0.6) is 0 Å². The van der Waals surface area contributed by atoms with Crippen molar-refractivity contribution in [1.29, 1.82) is 0 Å². The molecule has 0 heterocycles. The highest BCUT2D eigenvalue weighted by atomic mass is 16.6. The van der Waals surface area contributed by atoms with Crippen LogP contribution in [-0.4, -0.2) is 37.9 Å². The fourth-order valence-corrected chi connectivity index (χ4v) is 8.45. The number of rotatable bonds is 54. The fraction of sp³-hybridized carbons (Fsp3) is 0.836. The van der Waals surface area contributed by atoms with Gasteiger partial charge in [-0.1, -0.05) is 256 Å². The summed E-state index contributed by atoms with van der Waals surface area (Å²) < 4.78 is 17.5. The number of hydrogen-bond donors (Lipinski definition) is 0. The van der Waals surface area contributed by atoms with E-state index in [1.54, 1.807) is 0 Å². The van der Waals surface area contributed by atoms with Gasteiger partial charge in [-0.05, 0) is 83.5 Å². The van der Waals surface area contributed by atoms with E-state index in [1.165, 1.54) is 199 Å². The van der Waals surface area contributed by atoms with Gasteiger partial charge in [0.1, 0.15) is 6.61 Å². The van der Waals surface area contributed by atoms with Gasteiger partial charge in [-0.3, -0.25) is 9.59 Å². The van der Waals surface area contributed by atoms with Crippen molar-refractivity contribution in [2.75, 3.05) is 19.8 Å².